The molecule has 1 aromatic carbocycles. The van der Waals surface area contributed by atoms with Gasteiger partial charge < -0.3 is 0 Å². The van der Waals surface area contributed by atoms with Crippen LogP contribution in [0.4, 0.5) is 0 Å². The summed E-state index contributed by atoms with van der Waals surface area (Å²) in [6.07, 6.45) is 0. The molecule has 0 spiro atoms. The largest absolute Gasteiger partial charge is 0.0623 e. The third-order valence-corrected chi connectivity index (χ3v) is 2.55. The van der Waals surface area contributed by atoms with Crippen molar-refractivity contribution in [3.8, 4) is 0 Å². The van der Waals surface area contributed by atoms with Crippen LogP contribution in [0.5, 0.6) is 0 Å². The standard InChI is InChI=1S/C6H6.C4H6IO4/c1-2-4-6-5-3-1;1-3(6)8-5-9-4(2)7/h1-6H;1-2H3/q;-1. The van der Waals surface area contributed by atoms with Crippen molar-refractivity contribution in [2.24, 2.45) is 0 Å². The fraction of sp³-hybridized carbons (Fsp3) is 0.200. The Labute approximate surface area is 99.9 Å². The summed E-state index contributed by atoms with van der Waals surface area (Å²) >= 11 is -1.15. The Morgan fingerprint density at radius 2 is 1.07 bits per heavy atom. The van der Waals surface area contributed by atoms with Gasteiger partial charge in [0.05, 0.1) is 0 Å². The molecule has 0 saturated carbocycles. The summed E-state index contributed by atoms with van der Waals surface area (Å²) in [5.74, 6) is -0.826. The van der Waals surface area contributed by atoms with E-state index in [-0.39, 0.29) is 0 Å². The van der Waals surface area contributed by atoms with E-state index in [0.29, 0.717) is 0 Å². The summed E-state index contributed by atoms with van der Waals surface area (Å²) in [6.45, 7) is 2.53. The van der Waals surface area contributed by atoms with Gasteiger partial charge in [-0.05, 0) is 0 Å². The van der Waals surface area contributed by atoms with E-state index in [1.165, 1.54) is 13.8 Å². The molecular weight excluding hydrogens is 311 g/mol. The average Bonchev–Trinajstić information content (AvgIpc) is 2.20. The van der Waals surface area contributed by atoms with Crippen molar-refractivity contribution in [3.63, 3.8) is 0 Å². The molecule has 4 nitrogen and oxygen atoms in total. The third-order valence-electron chi connectivity index (χ3n) is 0.947. The summed E-state index contributed by atoms with van der Waals surface area (Å²) < 4.78 is 8.76. The van der Waals surface area contributed by atoms with Crippen LogP contribution in [0.3, 0.4) is 0 Å². The first kappa shape index (κ1) is 13.9. The summed E-state index contributed by atoms with van der Waals surface area (Å²) in [7, 11) is 0. The second-order valence-electron chi connectivity index (χ2n) is 2.36. The van der Waals surface area contributed by atoms with Gasteiger partial charge in [-0.15, -0.1) is 0 Å². The van der Waals surface area contributed by atoms with E-state index >= 15 is 0 Å². The molecule has 0 bridgehead atoms. The molecule has 0 atom stereocenters. The van der Waals surface area contributed by atoms with Gasteiger partial charge in [-0.2, -0.15) is 0 Å². The molecule has 0 aromatic heterocycles. The zero-order valence-corrected chi connectivity index (χ0v) is 10.6. The number of halogens is 1. The Morgan fingerprint density at radius 3 is 1.27 bits per heavy atom. The minimum Gasteiger partial charge on any atom is -0.0623 e. The smallest absolute Gasteiger partial charge is 0.0623 e. The molecule has 0 unspecified atom stereocenters. The maximum atomic E-state index is 10.0. The minimum atomic E-state index is -1.15. The van der Waals surface area contributed by atoms with Crippen LogP contribution < -0.4 is 22.0 Å². The molecule has 5 heteroatoms. The molecule has 0 aliphatic carbocycles. The normalized spacial score (nSPS) is 8.40. The van der Waals surface area contributed by atoms with Crippen LogP contribution in [0.25, 0.3) is 0 Å². The van der Waals surface area contributed by atoms with E-state index < -0.39 is 34.0 Å². The second-order valence-corrected chi connectivity index (χ2v) is 3.60. The Bertz CT molecular complexity index is 246. The van der Waals surface area contributed by atoms with Crippen LogP contribution in [0.15, 0.2) is 36.4 Å². The van der Waals surface area contributed by atoms with Gasteiger partial charge in [-0.1, -0.05) is 36.4 Å². The fourth-order valence-electron chi connectivity index (χ4n) is 0.489. The van der Waals surface area contributed by atoms with Gasteiger partial charge in [0.2, 0.25) is 0 Å². The maximum Gasteiger partial charge on any atom is -0.0623 e. The van der Waals surface area contributed by atoms with Crippen LogP contribution in [-0.2, 0) is 15.7 Å². The molecular formula is C10H12IO4-. The van der Waals surface area contributed by atoms with Crippen LogP contribution in [0.2, 0.25) is 0 Å². The number of carbonyl (C=O) groups excluding carboxylic acids is 2. The molecule has 0 heterocycles. The van der Waals surface area contributed by atoms with Crippen LogP contribution in [-0.4, -0.2) is 11.9 Å². The van der Waals surface area contributed by atoms with Crippen molar-refractivity contribution in [3.05, 3.63) is 36.4 Å². The van der Waals surface area contributed by atoms with Gasteiger partial charge in [0, 0.05) is 0 Å². The minimum absolute atomic E-state index is 0.413. The van der Waals surface area contributed by atoms with Gasteiger partial charge in [-0.25, -0.2) is 0 Å². The van der Waals surface area contributed by atoms with Gasteiger partial charge in [0.1, 0.15) is 0 Å². The van der Waals surface area contributed by atoms with E-state index in [4.69, 9.17) is 0 Å². The summed E-state index contributed by atoms with van der Waals surface area (Å²) in [5, 5.41) is 0. The fourth-order valence-corrected chi connectivity index (χ4v) is 1.09. The second kappa shape index (κ2) is 9.45. The molecule has 0 radical (unpaired) electrons. The van der Waals surface area contributed by atoms with Gasteiger partial charge in [0.25, 0.3) is 0 Å². The van der Waals surface area contributed by atoms with Crippen molar-refractivity contribution < 1.29 is 37.8 Å². The van der Waals surface area contributed by atoms with Crippen molar-refractivity contribution in [1.82, 2.24) is 0 Å². The quantitative estimate of drug-likeness (QED) is 0.636. The first-order valence-electron chi connectivity index (χ1n) is 4.13. The Morgan fingerprint density at radius 1 is 0.800 bits per heavy atom. The Balaban J connectivity index is 0.000000280. The number of rotatable bonds is 2. The molecule has 0 amide bonds. The van der Waals surface area contributed by atoms with Crippen molar-refractivity contribution in [1.29, 1.82) is 0 Å². The predicted octanol–water partition coefficient (Wildman–Crippen LogP) is -1.28. The van der Waals surface area contributed by atoms with Gasteiger partial charge >= 0.3 is 63.5 Å². The number of hydrogen-bond acceptors (Lipinski definition) is 4. The van der Waals surface area contributed by atoms with Crippen molar-refractivity contribution in [2.75, 3.05) is 0 Å². The van der Waals surface area contributed by atoms with Crippen LogP contribution >= 0.6 is 0 Å². The average molecular weight is 323 g/mol. The van der Waals surface area contributed by atoms with Crippen molar-refractivity contribution in [2.45, 2.75) is 13.8 Å². The Hall–Kier alpha value is -1.11. The molecule has 0 aliphatic rings. The number of hydrogen-bond donors (Lipinski definition) is 0. The summed E-state index contributed by atoms with van der Waals surface area (Å²) in [4.78, 5) is 20.1. The molecule has 15 heavy (non-hydrogen) atoms. The number of benzene rings is 1. The van der Waals surface area contributed by atoms with Crippen LogP contribution in [0, 0.1) is 0 Å². The molecule has 1 aromatic rings. The van der Waals surface area contributed by atoms with E-state index in [9.17, 15) is 9.59 Å². The topological polar surface area (TPSA) is 52.6 Å². The van der Waals surface area contributed by atoms with Gasteiger partial charge in [-0.3, -0.25) is 0 Å². The maximum absolute atomic E-state index is 10.0. The molecule has 1 rings (SSSR count). The Kier molecular flexibility index (Phi) is 8.75. The van der Waals surface area contributed by atoms with E-state index in [2.05, 4.69) is 6.13 Å². The zero-order valence-electron chi connectivity index (χ0n) is 8.48. The van der Waals surface area contributed by atoms with E-state index in [1.807, 2.05) is 36.4 Å². The molecule has 0 N–H and O–H groups in total. The molecule has 0 aliphatic heterocycles. The predicted molar refractivity (Wildman–Crippen MR) is 50.0 cm³/mol. The summed E-state index contributed by atoms with van der Waals surface area (Å²) in [6, 6.07) is 12.0. The molecule has 0 saturated heterocycles. The van der Waals surface area contributed by atoms with E-state index in [0.717, 1.165) is 0 Å². The van der Waals surface area contributed by atoms with Crippen molar-refractivity contribution >= 4 is 11.9 Å². The monoisotopic (exact) mass is 323 g/mol. The first-order valence-corrected chi connectivity index (χ1v) is 5.89. The third kappa shape index (κ3) is 12.9. The van der Waals surface area contributed by atoms with Crippen LogP contribution in [0.1, 0.15) is 13.8 Å². The molecule has 84 valence electrons. The van der Waals surface area contributed by atoms with Gasteiger partial charge in [0.15, 0.2) is 0 Å². The number of carbonyl (C=O) groups is 2. The summed E-state index contributed by atoms with van der Waals surface area (Å²) in [5.41, 5.74) is 0. The zero-order chi connectivity index (χ0) is 11.5. The first-order chi connectivity index (χ1) is 7.13. The molecule has 0 fully saturated rings. The SMILES string of the molecule is CC(=O)O[I-]OC(C)=O.c1ccccc1. The van der Waals surface area contributed by atoms with E-state index in [1.54, 1.807) is 0 Å².